The van der Waals surface area contributed by atoms with E-state index in [1.807, 2.05) is 4.90 Å². The van der Waals surface area contributed by atoms with Gasteiger partial charge in [-0.2, -0.15) is 0 Å². The Bertz CT molecular complexity index is 488. The van der Waals surface area contributed by atoms with Gasteiger partial charge in [0.25, 0.3) is 0 Å². The summed E-state index contributed by atoms with van der Waals surface area (Å²) in [5.41, 5.74) is 0.0585. The van der Waals surface area contributed by atoms with Gasteiger partial charge in [0.1, 0.15) is 0 Å². The summed E-state index contributed by atoms with van der Waals surface area (Å²) in [7, 11) is 0. The summed E-state index contributed by atoms with van der Waals surface area (Å²) < 4.78 is 0. The highest BCUT2D eigenvalue weighted by Gasteiger charge is 2.34. The minimum Gasteiger partial charge on any atom is -0.353 e. The normalized spacial score (nSPS) is 26.5. The molecule has 1 aliphatic carbocycles. The number of piperidine rings is 2. The van der Waals surface area contributed by atoms with Crippen molar-refractivity contribution in [3.8, 4) is 0 Å². The molecular weight excluding hydrogens is 314 g/mol. The Kier molecular flexibility index (Phi) is 5.71. The summed E-state index contributed by atoms with van der Waals surface area (Å²) in [6.07, 6.45) is 7.18. The molecule has 3 rings (SSSR count). The van der Waals surface area contributed by atoms with E-state index in [-0.39, 0.29) is 17.2 Å². The third-order valence-electron chi connectivity index (χ3n) is 5.76. The fraction of sp³-hybridized carbons (Fsp3) is 0.900. The zero-order chi connectivity index (χ0) is 18.0. The number of likely N-dealkylation sites (tertiary alicyclic amines) is 2. The zero-order valence-electron chi connectivity index (χ0n) is 16.2. The Morgan fingerprint density at radius 2 is 1.68 bits per heavy atom. The van der Waals surface area contributed by atoms with E-state index >= 15 is 0 Å². The molecule has 25 heavy (non-hydrogen) atoms. The second kappa shape index (κ2) is 7.65. The van der Waals surface area contributed by atoms with E-state index in [4.69, 9.17) is 0 Å². The maximum Gasteiger partial charge on any atom is 0.224 e. The number of nitrogens with one attached hydrogen (secondary N) is 1. The number of carbonyl (C=O) groups excluding carboxylic acids is 2. The van der Waals surface area contributed by atoms with Crippen molar-refractivity contribution in [2.45, 2.75) is 77.8 Å². The molecular formula is C20H35N3O2. The number of amides is 2. The first kappa shape index (κ1) is 18.7. The third-order valence-corrected chi connectivity index (χ3v) is 5.76. The molecule has 142 valence electrons. The average Bonchev–Trinajstić information content (AvgIpc) is 3.37. The Morgan fingerprint density at radius 3 is 2.28 bits per heavy atom. The molecule has 1 atom stereocenters. The fourth-order valence-electron chi connectivity index (χ4n) is 4.14. The van der Waals surface area contributed by atoms with E-state index in [0.29, 0.717) is 24.4 Å². The monoisotopic (exact) mass is 349 g/mol. The zero-order valence-corrected chi connectivity index (χ0v) is 16.2. The van der Waals surface area contributed by atoms with Crippen LogP contribution in [0.25, 0.3) is 0 Å². The van der Waals surface area contributed by atoms with Gasteiger partial charge < -0.3 is 10.2 Å². The Morgan fingerprint density at radius 1 is 1.00 bits per heavy atom. The molecule has 2 heterocycles. The molecule has 1 saturated carbocycles. The van der Waals surface area contributed by atoms with Crippen LogP contribution in [0.4, 0.5) is 0 Å². The van der Waals surface area contributed by atoms with Crippen molar-refractivity contribution in [1.29, 1.82) is 0 Å². The molecule has 0 radical (unpaired) electrons. The van der Waals surface area contributed by atoms with Crippen LogP contribution in [0.1, 0.15) is 65.7 Å². The van der Waals surface area contributed by atoms with E-state index in [0.717, 1.165) is 64.7 Å². The number of hydrogen-bond donors (Lipinski definition) is 1. The van der Waals surface area contributed by atoms with Crippen molar-refractivity contribution in [1.82, 2.24) is 15.1 Å². The molecule has 5 heteroatoms. The van der Waals surface area contributed by atoms with Crippen LogP contribution in [0.3, 0.4) is 0 Å². The van der Waals surface area contributed by atoms with Crippen molar-refractivity contribution < 1.29 is 9.59 Å². The van der Waals surface area contributed by atoms with Crippen molar-refractivity contribution in [2.24, 2.45) is 11.3 Å². The highest BCUT2D eigenvalue weighted by Crippen LogP contribution is 2.27. The Hall–Kier alpha value is -1.10. The van der Waals surface area contributed by atoms with Crippen molar-refractivity contribution in [3.63, 3.8) is 0 Å². The molecule has 1 N–H and O–H groups in total. The first-order chi connectivity index (χ1) is 11.8. The second-order valence-corrected chi connectivity index (χ2v) is 9.47. The fourth-order valence-corrected chi connectivity index (χ4v) is 4.14. The molecule has 0 aromatic carbocycles. The van der Waals surface area contributed by atoms with Gasteiger partial charge in [0, 0.05) is 38.1 Å². The third kappa shape index (κ3) is 5.44. The van der Waals surface area contributed by atoms with Crippen LogP contribution in [0, 0.1) is 11.3 Å². The first-order valence-corrected chi connectivity index (χ1v) is 10.1. The van der Waals surface area contributed by atoms with Gasteiger partial charge in [-0.25, -0.2) is 0 Å². The van der Waals surface area contributed by atoms with Crippen molar-refractivity contribution in [2.75, 3.05) is 26.2 Å². The maximum absolute atomic E-state index is 12.4. The lowest BCUT2D eigenvalue weighted by Crippen LogP contribution is -2.51. The molecule has 0 aromatic heterocycles. The quantitative estimate of drug-likeness (QED) is 0.848. The van der Waals surface area contributed by atoms with Crippen molar-refractivity contribution in [3.05, 3.63) is 0 Å². The molecule has 0 spiro atoms. The van der Waals surface area contributed by atoms with Crippen LogP contribution in [0.5, 0.6) is 0 Å². The van der Waals surface area contributed by atoms with Crippen LogP contribution in [-0.4, -0.2) is 59.9 Å². The van der Waals surface area contributed by atoms with Crippen LogP contribution in [-0.2, 0) is 9.59 Å². The van der Waals surface area contributed by atoms with Gasteiger partial charge in [-0.15, -0.1) is 0 Å². The summed E-state index contributed by atoms with van der Waals surface area (Å²) in [5.74, 6) is 0.728. The van der Waals surface area contributed by atoms with Crippen LogP contribution in [0.15, 0.2) is 0 Å². The number of rotatable bonds is 4. The van der Waals surface area contributed by atoms with E-state index in [9.17, 15) is 9.59 Å². The lowest BCUT2D eigenvalue weighted by Gasteiger charge is -2.42. The van der Waals surface area contributed by atoms with Gasteiger partial charge in [-0.05, 0) is 50.5 Å². The summed E-state index contributed by atoms with van der Waals surface area (Å²) in [6.45, 7) is 10.1. The van der Waals surface area contributed by atoms with Crippen molar-refractivity contribution >= 4 is 11.8 Å². The lowest BCUT2D eigenvalue weighted by molar-refractivity contribution is -0.134. The van der Waals surface area contributed by atoms with Gasteiger partial charge in [-0.1, -0.05) is 20.8 Å². The van der Waals surface area contributed by atoms with E-state index in [1.54, 1.807) is 0 Å². The molecule has 3 aliphatic rings. The number of nitrogens with zero attached hydrogens (tertiary/aromatic N) is 2. The molecule has 5 nitrogen and oxygen atoms in total. The summed E-state index contributed by atoms with van der Waals surface area (Å²) in [5, 5.41) is 3.17. The van der Waals surface area contributed by atoms with Crippen LogP contribution < -0.4 is 5.32 Å². The van der Waals surface area contributed by atoms with E-state index < -0.39 is 0 Å². The standard InChI is InChI=1S/C20H35N3O2/c1-20(2,3)13-18(24)22-11-8-17(9-12-22)23-10-4-5-15(14-23)19(25)21-16-6-7-16/h15-17H,4-14H2,1-3H3,(H,21,25). The lowest BCUT2D eigenvalue weighted by atomic mass is 9.90. The summed E-state index contributed by atoms with van der Waals surface area (Å²) >= 11 is 0. The number of hydrogen-bond acceptors (Lipinski definition) is 3. The molecule has 2 amide bonds. The van der Waals surface area contributed by atoms with E-state index in [1.165, 1.54) is 0 Å². The highest BCUT2D eigenvalue weighted by molar-refractivity contribution is 5.79. The predicted octanol–water partition coefficient (Wildman–Crippen LogP) is 2.40. The Balaban J connectivity index is 1.45. The molecule has 0 aromatic rings. The van der Waals surface area contributed by atoms with Gasteiger partial charge in [0.15, 0.2) is 0 Å². The van der Waals surface area contributed by atoms with Gasteiger partial charge >= 0.3 is 0 Å². The predicted molar refractivity (Wildman–Crippen MR) is 99.1 cm³/mol. The van der Waals surface area contributed by atoms with Crippen LogP contribution >= 0.6 is 0 Å². The smallest absolute Gasteiger partial charge is 0.224 e. The number of carbonyl (C=O) groups is 2. The van der Waals surface area contributed by atoms with Gasteiger partial charge in [0.2, 0.25) is 11.8 Å². The molecule has 1 unspecified atom stereocenters. The average molecular weight is 350 g/mol. The summed E-state index contributed by atoms with van der Waals surface area (Å²) in [4.78, 5) is 29.3. The van der Waals surface area contributed by atoms with Gasteiger partial charge in [-0.3, -0.25) is 14.5 Å². The molecule has 3 fully saturated rings. The topological polar surface area (TPSA) is 52.7 Å². The minimum absolute atomic E-state index is 0.0585. The van der Waals surface area contributed by atoms with E-state index in [2.05, 4.69) is 31.0 Å². The molecule has 0 bridgehead atoms. The maximum atomic E-state index is 12.4. The first-order valence-electron chi connectivity index (χ1n) is 10.1. The largest absolute Gasteiger partial charge is 0.353 e. The SMILES string of the molecule is CC(C)(C)CC(=O)N1CCC(N2CCCC(C(=O)NC3CC3)C2)CC1. The highest BCUT2D eigenvalue weighted by atomic mass is 16.2. The molecule has 2 saturated heterocycles. The summed E-state index contributed by atoms with van der Waals surface area (Å²) in [6, 6.07) is 0.996. The minimum atomic E-state index is 0.0585. The Labute approximate surface area is 152 Å². The molecule has 2 aliphatic heterocycles. The second-order valence-electron chi connectivity index (χ2n) is 9.47. The van der Waals surface area contributed by atoms with Crippen LogP contribution in [0.2, 0.25) is 0 Å². The van der Waals surface area contributed by atoms with Gasteiger partial charge in [0.05, 0.1) is 5.92 Å².